The minimum absolute atomic E-state index is 0.208. The van der Waals surface area contributed by atoms with Gasteiger partial charge in [-0.2, -0.15) is 0 Å². The van der Waals surface area contributed by atoms with E-state index in [9.17, 15) is 14.4 Å². The van der Waals surface area contributed by atoms with E-state index in [0.29, 0.717) is 21.8 Å². The standard InChI is InChI=1S/C29H21NO5S/c1-34-24-15-14-20(17-26-27(31)30(29(33)36-26)18-19-8-3-2-4-9-19)16-25(24)35-28(32)23-13-7-11-21-10-5-6-12-22(21)23/h2-17H,18H2,1H3/b26-17-. The maximum atomic E-state index is 13.1. The molecule has 0 atom stereocenters. The summed E-state index contributed by atoms with van der Waals surface area (Å²) in [6.07, 6.45) is 1.62. The van der Waals surface area contributed by atoms with Crippen molar-refractivity contribution in [3.63, 3.8) is 0 Å². The summed E-state index contributed by atoms with van der Waals surface area (Å²) in [4.78, 5) is 40.0. The molecule has 6 nitrogen and oxygen atoms in total. The number of hydrogen-bond acceptors (Lipinski definition) is 6. The molecule has 7 heteroatoms. The van der Waals surface area contributed by atoms with Crippen molar-refractivity contribution in [3.8, 4) is 11.5 Å². The van der Waals surface area contributed by atoms with E-state index in [1.807, 2.05) is 60.7 Å². The zero-order valence-corrected chi connectivity index (χ0v) is 20.2. The van der Waals surface area contributed by atoms with E-state index in [1.54, 1.807) is 36.4 Å². The summed E-state index contributed by atoms with van der Waals surface area (Å²) < 4.78 is 11.1. The van der Waals surface area contributed by atoms with Crippen molar-refractivity contribution >= 4 is 45.7 Å². The maximum absolute atomic E-state index is 13.1. The Hall–Kier alpha value is -4.36. The average Bonchev–Trinajstić information content (AvgIpc) is 3.16. The van der Waals surface area contributed by atoms with Crippen molar-refractivity contribution in [3.05, 3.63) is 113 Å². The van der Waals surface area contributed by atoms with Crippen LogP contribution in [0.5, 0.6) is 11.5 Å². The molecule has 4 aromatic rings. The molecule has 36 heavy (non-hydrogen) atoms. The van der Waals surface area contributed by atoms with E-state index in [-0.39, 0.29) is 23.4 Å². The summed E-state index contributed by atoms with van der Waals surface area (Å²) in [6, 6.07) is 27.4. The van der Waals surface area contributed by atoms with Crippen molar-refractivity contribution in [2.75, 3.05) is 7.11 Å². The molecule has 1 fully saturated rings. The topological polar surface area (TPSA) is 72.9 Å². The lowest BCUT2D eigenvalue weighted by atomic mass is 10.0. The number of benzene rings is 4. The molecule has 0 aromatic heterocycles. The third kappa shape index (κ3) is 4.74. The minimum atomic E-state index is -0.523. The number of esters is 1. The van der Waals surface area contributed by atoms with E-state index in [0.717, 1.165) is 28.1 Å². The van der Waals surface area contributed by atoms with Gasteiger partial charge in [0.2, 0.25) is 0 Å². The number of carbonyl (C=O) groups is 3. The number of ether oxygens (including phenoxy) is 2. The summed E-state index contributed by atoms with van der Waals surface area (Å²) in [5, 5.41) is 1.39. The number of hydrogen-bond donors (Lipinski definition) is 0. The van der Waals surface area contributed by atoms with Gasteiger partial charge in [-0.25, -0.2) is 4.79 Å². The lowest BCUT2D eigenvalue weighted by Crippen LogP contribution is -2.27. The summed E-state index contributed by atoms with van der Waals surface area (Å²) >= 11 is 0.883. The fraction of sp³-hybridized carbons (Fsp3) is 0.0690. The van der Waals surface area contributed by atoms with Gasteiger partial charge in [-0.1, -0.05) is 72.8 Å². The van der Waals surface area contributed by atoms with Gasteiger partial charge in [0.05, 0.1) is 24.1 Å². The van der Waals surface area contributed by atoms with E-state index in [2.05, 4.69) is 0 Å². The van der Waals surface area contributed by atoms with Crippen LogP contribution in [0.2, 0.25) is 0 Å². The van der Waals surface area contributed by atoms with Gasteiger partial charge in [0.25, 0.3) is 11.1 Å². The van der Waals surface area contributed by atoms with Gasteiger partial charge < -0.3 is 9.47 Å². The van der Waals surface area contributed by atoms with E-state index >= 15 is 0 Å². The molecule has 0 saturated carbocycles. The fourth-order valence-corrected chi connectivity index (χ4v) is 4.81. The number of methoxy groups -OCH3 is 1. The van der Waals surface area contributed by atoms with E-state index in [4.69, 9.17) is 9.47 Å². The molecule has 1 aliphatic rings. The second kappa shape index (κ2) is 10.1. The van der Waals surface area contributed by atoms with E-state index < -0.39 is 5.97 Å². The first-order valence-electron chi connectivity index (χ1n) is 11.2. The molecular formula is C29H21NO5S. The smallest absolute Gasteiger partial charge is 0.344 e. The molecule has 0 spiro atoms. The highest BCUT2D eigenvalue weighted by Gasteiger charge is 2.35. The SMILES string of the molecule is COc1ccc(/C=C2\SC(=O)N(Cc3ccccc3)C2=O)cc1OC(=O)c1cccc2ccccc12. The van der Waals surface area contributed by atoms with Gasteiger partial charge >= 0.3 is 5.97 Å². The van der Waals surface area contributed by atoms with Crippen molar-refractivity contribution in [2.24, 2.45) is 0 Å². The predicted octanol–water partition coefficient (Wildman–Crippen LogP) is 6.30. The van der Waals surface area contributed by atoms with Crippen molar-refractivity contribution in [2.45, 2.75) is 6.54 Å². The Labute approximate surface area is 212 Å². The van der Waals surface area contributed by atoms with Crippen LogP contribution in [0.3, 0.4) is 0 Å². The summed E-state index contributed by atoms with van der Waals surface area (Å²) in [5.41, 5.74) is 1.90. The van der Waals surface area contributed by atoms with Gasteiger partial charge in [0.1, 0.15) is 0 Å². The molecule has 0 unspecified atom stereocenters. The Balaban J connectivity index is 1.40. The Kier molecular flexibility index (Phi) is 6.56. The largest absolute Gasteiger partial charge is 0.493 e. The van der Waals surface area contributed by atoms with Crippen LogP contribution in [-0.4, -0.2) is 29.1 Å². The minimum Gasteiger partial charge on any atom is -0.493 e. The molecular weight excluding hydrogens is 474 g/mol. The Morgan fingerprint density at radius 3 is 2.44 bits per heavy atom. The second-order valence-corrected chi connectivity index (χ2v) is 9.07. The fourth-order valence-electron chi connectivity index (χ4n) is 3.97. The lowest BCUT2D eigenvalue weighted by Gasteiger charge is -2.12. The van der Waals surface area contributed by atoms with Crippen LogP contribution in [0.15, 0.2) is 95.9 Å². The third-order valence-corrected chi connectivity index (χ3v) is 6.66. The first kappa shape index (κ1) is 23.4. The Morgan fingerprint density at radius 1 is 0.889 bits per heavy atom. The second-order valence-electron chi connectivity index (χ2n) is 8.08. The van der Waals surface area contributed by atoms with Crippen LogP contribution >= 0.6 is 11.8 Å². The van der Waals surface area contributed by atoms with Crippen LogP contribution in [0.1, 0.15) is 21.5 Å². The number of thioether (sulfide) groups is 1. The third-order valence-electron chi connectivity index (χ3n) is 5.75. The molecule has 0 bridgehead atoms. The number of amides is 2. The first-order valence-corrected chi connectivity index (χ1v) is 12.0. The number of carbonyl (C=O) groups excluding carboxylic acids is 3. The van der Waals surface area contributed by atoms with Crippen LogP contribution in [0.25, 0.3) is 16.8 Å². The first-order chi connectivity index (χ1) is 17.5. The zero-order valence-electron chi connectivity index (χ0n) is 19.3. The van der Waals surface area contributed by atoms with Crippen molar-refractivity contribution in [1.82, 2.24) is 4.90 Å². The lowest BCUT2D eigenvalue weighted by molar-refractivity contribution is -0.123. The normalized spacial score (nSPS) is 14.5. The number of fused-ring (bicyclic) bond motifs is 1. The molecule has 1 saturated heterocycles. The highest BCUT2D eigenvalue weighted by Crippen LogP contribution is 2.35. The van der Waals surface area contributed by atoms with Gasteiger partial charge in [-0.3, -0.25) is 14.5 Å². The number of rotatable bonds is 6. The van der Waals surface area contributed by atoms with Gasteiger partial charge in [0.15, 0.2) is 11.5 Å². The number of imide groups is 1. The monoisotopic (exact) mass is 495 g/mol. The maximum Gasteiger partial charge on any atom is 0.344 e. The molecule has 0 radical (unpaired) electrons. The van der Waals surface area contributed by atoms with Gasteiger partial charge in [0, 0.05) is 0 Å². The Morgan fingerprint density at radius 2 is 1.64 bits per heavy atom. The highest BCUT2D eigenvalue weighted by molar-refractivity contribution is 8.18. The molecule has 1 heterocycles. The molecule has 0 aliphatic carbocycles. The molecule has 5 rings (SSSR count). The van der Waals surface area contributed by atoms with Crippen LogP contribution in [-0.2, 0) is 11.3 Å². The van der Waals surface area contributed by atoms with Gasteiger partial charge in [-0.05, 0) is 57.9 Å². The van der Waals surface area contributed by atoms with Crippen LogP contribution < -0.4 is 9.47 Å². The van der Waals surface area contributed by atoms with Gasteiger partial charge in [-0.15, -0.1) is 0 Å². The predicted molar refractivity (Wildman–Crippen MR) is 140 cm³/mol. The molecule has 178 valence electrons. The van der Waals surface area contributed by atoms with E-state index in [1.165, 1.54) is 12.0 Å². The summed E-state index contributed by atoms with van der Waals surface area (Å²) in [5.74, 6) is -0.296. The quantitative estimate of drug-likeness (QED) is 0.177. The molecule has 1 aliphatic heterocycles. The molecule has 2 amide bonds. The number of nitrogens with zero attached hydrogens (tertiary/aromatic N) is 1. The van der Waals surface area contributed by atoms with Crippen molar-refractivity contribution < 1.29 is 23.9 Å². The van der Waals surface area contributed by atoms with Crippen LogP contribution in [0.4, 0.5) is 4.79 Å². The zero-order chi connectivity index (χ0) is 25.1. The van der Waals surface area contributed by atoms with Crippen LogP contribution in [0, 0.1) is 0 Å². The van der Waals surface area contributed by atoms with Crippen molar-refractivity contribution in [1.29, 1.82) is 0 Å². The summed E-state index contributed by atoms with van der Waals surface area (Å²) in [6.45, 7) is 0.208. The summed E-state index contributed by atoms with van der Waals surface area (Å²) in [7, 11) is 1.49. The molecule has 4 aromatic carbocycles. The average molecular weight is 496 g/mol. The Bertz CT molecular complexity index is 1510. The molecule has 0 N–H and O–H groups in total. The highest BCUT2D eigenvalue weighted by atomic mass is 32.2.